The largest absolute Gasteiger partial charge is 0.303 e. The summed E-state index contributed by atoms with van der Waals surface area (Å²) in [7, 11) is 0. The minimum absolute atomic E-state index is 0.0420. The van der Waals surface area contributed by atoms with Gasteiger partial charge < -0.3 is 5.32 Å². The first-order chi connectivity index (χ1) is 16.3. The molecule has 1 aliphatic rings. The van der Waals surface area contributed by atoms with Crippen molar-refractivity contribution in [2.45, 2.75) is 11.7 Å². The standard InChI is InChI=1S/C26H21N5OS/c32-25-23(16-19-10-4-1-5-11-19)33-26(28-25)29-27-17-21-18-31(22-14-8-3-9-15-22)30-24(21)20-12-6-2-7-13-20/h1-15,17-18,23H,16H2,(H,28,29,32)/b27-17+. The Balaban J connectivity index is 1.37. The summed E-state index contributed by atoms with van der Waals surface area (Å²) < 4.78 is 1.83. The smallest absolute Gasteiger partial charge is 0.239 e. The zero-order valence-electron chi connectivity index (χ0n) is 17.7. The van der Waals surface area contributed by atoms with Gasteiger partial charge in [0.05, 0.1) is 17.2 Å². The van der Waals surface area contributed by atoms with Crippen LogP contribution in [-0.4, -0.2) is 32.3 Å². The summed E-state index contributed by atoms with van der Waals surface area (Å²) >= 11 is 1.41. The third kappa shape index (κ3) is 4.94. The van der Waals surface area contributed by atoms with Crippen LogP contribution in [0.5, 0.6) is 0 Å². The number of nitrogens with one attached hydrogen (secondary N) is 1. The summed E-state index contributed by atoms with van der Waals surface area (Å²) in [6, 6.07) is 29.9. The summed E-state index contributed by atoms with van der Waals surface area (Å²) in [6.45, 7) is 0. The van der Waals surface area contributed by atoms with Gasteiger partial charge >= 0.3 is 0 Å². The minimum atomic E-state index is -0.206. The van der Waals surface area contributed by atoms with Gasteiger partial charge in [0.15, 0.2) is 5.17 Å². The van der Waals surface area contributed by atoms with E-state index in [1.165, 1.54) is 11.8 Å². The van der Waals surface area contributed by atoms with Gasteiger partial charge in [-0.2, -0.15) is 10.2 Å². The Kier molecular flexibility index (Phi) is 6.12. The lowest BCUT2D eigenvalue weighted by Crippen LogP contribution is -2.25. The first-order valence-corrected chi connectivity index (χ1v) is 11.5. The highest BCUT2D eigenvalue weighted by Gasteiger charge is 2.30. The van der Waals surface area contributed by atoms with Crippen molar-refractivity contribution in [1.82, 2.24) is 15.1 Å². The van der Waals surface area contributed by atoms with E-state index in [-0.39, 0.29) is 11.2 Å². The predicted octanol–water partition coefficient (Wildman–Crippen LogP) is 4.70. The first-order valence-electron chi connectivity index (χ1n) is 10.6. The summed E-state index contributed by atoms with van der Waals surface area (Å²) in [5.41, 5.74) is 4.73. The zero-order valence-corrected chi connectivity index (χ0v) is 18.5. The molecule has 1 saturated heterocycles. The van der Waals surface area contributed by atoms with Gasteiger partial charge in [0.25, 0.3) is 0 Å². The number of hydrogen-bond acceptors (Lipinski definition) is 5. The van der Waals surface area contributed by atoms with Crippen LogP contribution >= 0.6 is 11.8 Å². The molecule has 0 bridgehead atoms. The number of carbonyl (C=O) groups is 1. The summed E-state index contributed by atoms with van der Waals surface area (Å²) in [5.74, 6) is -0.0420. The van der Waals surface area contributed by atoms with Gasteiger partial charge in [0.2, 0.25) is 5.91 Å². The zero-order chi connectivity index (χ0) is 22.5. The summed E-state index contributed by atoms with van der Waals surface area (Å²) in [4.78, 5) is 12.3. The minimum Gasteiger partial charge on any atom is -0.303 e. The van der Waals surface area contributed by atoms with Gasteiger partial charge in [-0.15, -0.1) is 5.10 Å². The maximum Gasteiger partial charge on any atom is 0.239 e. The van der Waals surface area contributed by atoms with Crippen molar-refractivity contribution in [2.24, 2.45) is 10.2 Å². The predicted molar refractivity (Wildman–Crippen MR) is 134 cm³/mol. The van der Waals surface area contributed by atoms with Crippen molar-refractivity contribution in [3.8, 4) is 16.9 Å². The molecule has 4 aromatic rings. The normalized spacial score (nSPS) is 17.0. The number of nitrogens with zero attached hydrogens (tertiary/aromatic N) is 4. The molecule has 1 unspecified atom stereocenters. The molecule has 33 heavy (non-hydrogen) atoms. The number of amidine groups is 1. The molecule has 162 valence electrons. The molecule has 5 rings (SSSR count). The molecule has 2 heterocycles. The number of rotatable bonds is 6. The van der Waals surface area contributed by atoms with Crippen LogP contribution in [0.4, 0.5) is 0 Å². The second-order valence-corrected chi connectivity index (χ2v) is 8.71. The molecule has 3 aromatic carbocycles. The molecule has 0 saturated carbocycles. The Labute approximate surface area is 196 Å². The fraction of sp³-hybridized carbons (Fsp3) is 0.0769. The lowest BCUT2D eigenvalue weighted by atomic mass is 10.1. The maximum atomic E-state index is 12.3. The fourth-order valence-corrected chi connectivity index (χ4v) is 4.54. The van der Waals surface area contributed by atoms with Gasteiger partial charge in [0, 0.05) is 17.3 Å². The van der Waals surface area contributed by atoms with Gasteiger partial charge in [-0.25, -0.2) is 4.68 Å². The van der Waals surface area contributed by atoms with Crippen LogP contribution < -0.4 is 5.32 Å². The van der Waals surface area contributed by atoms with Crippen LogP contribution in [0.3, 0.4) is 0 Å². The van der Waals surface area contributed by atoms with E-state index < -0.39 is 0 Å². The number of thioether (sulfide) groups is 1. The maximum absolute atomic E-state index is 12.3. The van der Waals surface area contributed by atoms with Crippen molar-refractivity contribution in [3.05, 3.63) is 108 Å². The molecular formula is C26H21N5OS. The Morgan fingerprint density at radius 1 is 0.939 bits per heavy atom. The topological polar surface area (TPSA) is 71.6 Å². The molecule has 6 nitrogen and oxygen atoms in total. The van der Waals surface area contributed by atoms with E-state index in [4.69, 9.17) is 5.10 Å². The molecule has 1 aromatic heterocycles. The molecule has 0 radical (unpaired) electrons. The van der Waals surface area contributed by atoms with Gasteiger partial charge in [0.1, 0.15) is 5.69 Å². The molecule has 1 atom stereocenters. The van der Waals surface area contributed by atoms with Crippen LogP contribution in [-0.2, 0) is 11.2 Å². The molecule has 7 heteroatoms. The van der Waals surface area contributed by atoms with E-state index in [2.05, 4.69) is 15.5 Å². The second-order valence-electron chi connectivity index (χ2n) is 7.51. The fourth-order valence-electron chi connectivity index (χ4n) is 3.57. The number of benzene rings is 3. The molecule has 1 aliphatic heterocycles. The van der Waals surface area contributed by atoms with Crippen LogP contribution in [0.2, 0.25) is 0 Å². The molecule has 1 fully saturated rings. The van der Waals surface area contributed by atoms with Crippen LogP contribution in [0.25, 0.3) is 16.9 Å². The van der Waals surface area contributed by atoms with Gasteiger partial charge in [-0.1, -0.05) is 90.6 Å². The van der Waals surface area contributed by atoms with Gasteiger partial charge in [-0.3, -0.25) is 4.79 Å². The molecule has 0 spiro atoms. The van der Waals surface area contributed by atoms with Crippen molar-refractivity contribution < 1.29 is 4.79 Å². The third-order valence-electron chi connectivity index (χ3n) is 5.20. The first kappa shape index (κ1) is 20.9. The molecule has 1 amide bonds. The SMILES string of the molecule is O=C1N/C(=N\N=C\c2cn(-c3ccccc3)nc2-c2ccccc2)SC1Cc1ccccc1. The van der Waals surface area contributed by atoms with Crippen LogP contribution in [0, 0.1) is 0 Å². The van der Waals surface area contributed by atoms with Crippen molar-refractivity contribution in [2.75, 3.05) is 0 Å². The Morgan fingerprint density at radius 3 is 2.33 bits per heavy atom. The molecule has 1 N–H and O–H groups in total. The number of para-hydroxylation sites is 1. The average molecular weight is 452 g/mol. The third-order valence-corrected chi connectivity index (χ3v) is 6.27. The summed E-state index contributed by atoms with van der Waals surface area (Å²) in [6.07, 6.45) is 4.26. The lowest BCUT2D eigenvalue weighted by Gasteiger charge is -2.04. The monoisotopic (exact) mass is 451 g/mol. The van der Waals surface area contributed by atoms with Crippen molar-refractivity contribution in [3.63, 3.8) is 0 Å². The average Bonchev–Trinajstić information content (AvgIpc) is 3.44. The van der Waals surface area contributed by atoms with Crippen LogP contribution in [0.1, 0.15) is 11.1 Å². The quantitative estimate of drug-likeness (QED) is 0.341. The second kappa shape index (κ2) is 9.67. The number of hydrogen-bond donors (Lipinski definition) is 1. The Hall–Kier alpha value is -3.97. The van der Waals surface area contributed by atoms with E-state index in [1.54, 1.807) is 6.21 Å². The molecular weight excluding hydrogens is 430 g/mol. The van der Waals surface area contributed by atoms with E-state index in [1.807, 2.05) is 102 Å². The van der Waals surface area contributed by atoms with E-state index in [9.17, 15) is 4.79 Å². The van der Waals surface area contributed by atoms with E-state index >= 15 is 0 Å². The Bertz CT molecular complexity index is 1300. The highest BCUT2D eigenvalue weighted by molar-refractivity contribution is 8.15. The lowest BCUT2D eigenvalue weighted by molar-refractivity contribution is -0.118. The number of aromatic nitrogens is 2. The van der Waals surface area contributed by atoms with Crippen molar-refractivity contribution in [1.29, 1.82) is 0 Å². The van der Waals surface area contributed by atoms with E-state index in [0.29, 0.717) is 11.6 Å². The van der Waals surface area contributed by atoms with E-state index in [0.717, 1.165) is 28.1 Å². The number of amides is 1. The Morgan fingerprint density at radius 2 is 1.61 bits per heavy atom. The number of carbonyl (C=O) groups excluding carboxylic acids is 1. The highest BCUT2D eigenvalue weighted by atomic mass is 32.2. The van der Waals surface area contributed by atoms with Gasteiger partial charge in [-0.05, 0) is 24.1 Å². The summed E-state index contributed by atoms with van der Waals surface area (Å²) in [5, 5.41) is 16.4. The molecule has 0 aliphatic carbocycles. The van der Waals surface area contributed by atoms with Crippen molar-refractivity contribution >= 4 is 29.1 Å². The highest BCUT2D eigenvalue weighted by Crippen LogP contribution is 2.24. The van der Waals surface area contributed by atoms with Crippen LogP contribution in [0.15, 0.2) is 107 Å².